The largest absolute Gasteiger partial charge is 0.354 e. The quantitative estimate of drug-likeness (QED) is 0.722. The van der Waals surface area contributed by atoms with Gasteiger partial charge in [0.1, 0.15) is 0 Å². The molecule has 2 nitrogen and oxygen atoms in total. The Labute approximate surface area is 112 Å². The van der Waals surface area contributed by atoms with Crippen LogP contribution >= 0.6 is 0 Å². The number of H-pyrrole nitrogens is 1. The van der Waals surface area contributed by atoms with Gasteiger partial charge in [-0.15, -0.1) is 0 Å². The molecule has 0 saturated heterocycles. The average Bonchev–Trinajstić information content (AvgIpc) is 2.79. The van der Waals surface area contributed by atoms with Gasteiger partial charge in [0, 0.05) is 16.5 Å². The van der Waals surface area contributed by atoms with Crippen LogP contribution in [0.25, 0.3) is 22.2 Å². The molecule has 3 aromatic rings. The number of aromatic amines is 1. The zero-order valence-electron chi connectivity index (χ0n) is 10.8. The summed E-state index contributed by atoms with van der Waals surface area (Å²) in [6.45, 7) is 2.09. The molecule has 1 aromatic heterocycles. The van der Waals surface area contributed by atoms with Crippen molar-refractivity contribution in [2.45, 2.75) is 13.3 Å². The van der Waals surface area contributed by atoms with Crippen LogP contribution in [0, 0.1) is 18.3 Å². The number of fused-ring (bicyclic) bond motifs is 1. The highest BCUT2D eigenvalue weighted by Gasteiger charge is 2.13. The van der Waals surface area contributed by atoms with Crippen molar-refractivity contribution in [2.24, 2.45) is 0 Å². The molecule has 0 aliphatic rings. The third-order valence-electron chi connectivity index (χ3n) is 3.48. The molecular formula is C17H14N2. The summed E-state index contributed by atoms with van der Waals surface area (Å²) >= 11 is 0. The summed E-state index contributed by atoms with van der Waals surface area (Å²) in [7, 11) is 0. The van der Waals surface area contributed by atoms with E-state index in [0.717, 1.165) is 22.2 Å². The number of aryl methyl sites for hydroxylation is 1. The first-order chi connectivity index (χ1) is 9.31. The Morgan fingerprint density at radius 2 is 1.79 bits per heavy atom. The second-order valence-corrected chi connectivity index (χ2v) is 4.67. The summed E-state index contributed by atoms with van der Waals surface area (Å²) < 4.78 is 0. The van der Waals surface area contributed by atoms with Crippen LogP contribution in [0.3, 0.4) is 0 Å². The summed E-state index contributed by atoms with van der Waals surface area (Å²) in [6, 6.07) is 18.7. The van der Waals surface area contributed by atoms with Crippen molar-refractivity contribution in [3.8, 4) is 17.3 Å². The van der Waals surface area contributed by atoms with E-state index >= 15 is 0 Å². The fourth-order valence-electron chi connectivity index (χ4n) is 2.55. The first-order valence-corrected chi connectivity index (χ1v) is 6.34. The zero-order chi connectivity index (χ0) is 13.2. The van der Waals surface area contributed by atoms with Crippen LogP contribution in [0.4, 0.5) is 0 Å². The SMILES string of the molecule is Cc1ccccc1-c1[nH]c2ccccc2c1CC#N. The minimum Gasteiger partial charge on any atom is -0.354 e. The van der Waals surface area contributed by atoms with Gasteiger partial charge in [0.2, 0.25) is 0 Å². The molecule has 0 bridgehead atoms. The second kappa shape index (κ2) is 4.62. The van der Waals surface area contributed by atoms with E-state index in [9.17, 15) is 0 Å². The number of nitrogens with zero attached hydrogens (tertiary/aromatic N) is 1. The second-order valence-electron chi connectivity index (χ2n) is 4.67. The highest BCUT2D eigenvalue weighted by atomic mass is 14.7. The smallest absolute Gasteiger partial charge is 0.0670 e. The number of benzene rings is 2. The number of hydrogen-bond donors (Lipinski definition) is 1. The van der Waals surface area contributed by atoms with E-state index in [1.54, 1.807) is 0 Å². The molecule has 0 amide bonds. The Balaban J connectivity index is 2.32. The lowest BCUT2D eigenvalue weighted by Crippen LogP contribution is -1.88. The molecule has 19 heavy (non-hydrogen) atoms. The van der Waals surface area contributed by atoms with Crippen molar-refractivity contribution >= 4 is 10.9 Å². The van der Waals surface area contributed by atoms with Gasteiger partial charge in [0.15, 0.2) is 0 Å². The van der Waals surface area contributed by atoms with Crippen LogP contribution in [-0.2, 0) is 6.42 Å². The predicted octanol–water partition coefficient (Wildman–Crippen LogP) is 4.21. The fraction of sp³-hybridized carbons (Fsp3) is 0.118. The standard InChI is InChI=1S/C17H14N2/c1-12-6-2-3-7-13(12)17-15(10-11-18)14-8-4-5-9-16(14)19-17/h2-9,19H,10H2,1H3. The third-order valence-corrected chi connectivity index (χ3v) is 3.48. The minimum atomic E-state index is 0.424. The lowest BCUT2D eigenvalue weighted by molar-refractivity contribution is 1.27. The molecule has 92 valence electrons. The molecule has 0 aliphatic carbocycles. The lowest BCUT2D eigenvalue weighted by Gasteiger charge is -2.05. The van der Waals surface area contributed by atoms with Gasteiger partial charge in [-0.25, -0.2) is 0 Å². The van der Waals surface area contributed by atoms with Gasteiger partial charge in [-0.05, 0) is 24.1 Å². The van der Waals surface area contributed by atoms with E-state index in [0.29, 0.717) is 6.42 Å². The van der Waals surface area contributed by atoms with Crippen molar-refractivity contribution in [2.75, 3.05) is 0 Å². The van der Waals surface area contributed by atoms with Crippen LogP contribution in [0.1, 0.15) is 11.1 Å². The predicted molar refractivity (Wildman–Crippen MR) is 77.8 cm³/mol. The van der Waals surface area contributed by atoms with Crippen LogP contribution in [-0.4, -0.2) is 4.98 Å². The Morgan fingerprint density at radius 1 is 1.05 bits per heavy atom. The van der Waals surface area contributed by atoms with Crippen LogP contribution in [0.2, 0.25) is 0 Å². The molecule has 1 heterocycles. The highest BCUT2D eigenvalue weighted by molar-refractivity contribution is 5.91. The van der Waals surface area contributed by atoms with Crippen molar-refractivity contribution in [1.82, 2.24) is 4.98 Å². The van der Waals surface area contributed by atoms with E-state index in [1.165, 1.54) is 11.1 Å². The van der Waals surface area contributed by atoms with Crippen molar-refractivity contribution in [3.05, 3.63) is 59.7 Å². The molecule has 1 N–H and O–H groups in total. The number of aromatic nitrogens is 1. The third kappa shape index (κ3) is 1.90. The van der Waals surface area contributed by atoms with Gasteiger partial charge in [0.05, 0.1) is 18.2 Å². The van der Waals surface area contributed by atoms with Gasteiger partial charge >= 0.3 is 0 Å². The minimum absolute atomic E-state index is 0.424. The maximum Gasteiger partial charge on any atom is 0.0670 e. The molecule has 0 saturated carbocycles. The summed E-state index contributed by atoms with van der Waals surface area (Å²) in [6.07, 6.45) is 0.424. The van der Waals surface area contributed by atoms with Gasteiger partial charge in [-0.1, -0.05) is 42.5 Å². The first-order valence-electron chi connectivity index (χ1n) is 6.34. The fourth-order valence-corrected chi connectivity index (χ4v) is 2.55. The van der Waals surface area contributed by atoms with E-state index in [1.807, 2.05) is 24.3 Å². The molecule has 0 atom stereocenters. The summed E-state index contributed by atoms with van der Waals surface area (Å²) in [5.41, 5.74) is 5.64. The maximum absolute atomic E-state index is 9.07. The van der Waals surface area contributed by atoms with Crippen molar-refractivity contribution in [1.29, 1.82) is 5.26 Å². The van der Waals surface area contributed by atoms with Crippen LogP contribution in [0.15, 0.2) is 48.5 Å². The van der Waals surface area contributed by atoms with Crippen molar-refractivity contribution < 1.29 is 0 Å². The van der Waals surface area contributed by atoms with Crippen LogP contribution in [0.5, 0.6) is 0 Å². The first kappa shape index (κ1) is 11.6. The lowest BCUT2D eigenvalue weighted by atomic mass is 10.00. The van der Waals surface area contributed by atoms with Gasteiger partial charge in [-0.2, -0.15) is 5.26 Å². The number of rotatable bonds is 2. The zero-order valence-corrected chi connectivity index (χ0v) is 10.8. The van der Waals surface area contributed by atoms with Crippen molar-refractivity contribution in [3.63, 3.8) is 0 Å². The topological polar surface area (TPSA) is 39.6 Å². The van der Waals surface area contributed by atoms with E-state index in [2.05, 4.69) is 42.2 Å². The number of para-hydroxylation sites is 1. The van der Waals surface area contributed by atoms with E-state index < -0.39 is 0 Å². The molecule has 0 radical (unpaired) electrons. The summed E-state index contributed by atoms with van der Waals surface area (Å²) in [5.74, 6) is 0. The van der Waals surface area contributed by atoms with Gasteiger partial charge < -0.3 is 4.98 Å². The monoisotopic (exact) mass is 246 g/mol. The molecule has 0 fully saturated rings. The van der Waals surface area contributed by atoms with Crippen LogP contribution < -0.4 is 0 Å². The highest BCUT2D eigenvalue weighted by Crippen LogP contribution is 2.32. The maximum atomic E-state index is 9.07. The Hall–Kier alpha value is -2.53. The molecule has 0 aliphatic heterocycles. The van der Waals surface area contributed by atoms with Gasteiger partial charge in [0.25, 0.3) is 0 Å². The molecule has 3 rings (SSSR count). The Bertz CT molecular complexity index is 775. The van der Waals surface area contributed by atoms with E-state index in [4.69, 9.17) is 5.26 Å². The summed E-state index contributed by atoms with van der Waals surface area (Å²) in [4.78, 5) is 3.46. The molecule has 2 heteroatoms. The molecule has 0 unspecified atom stereocenters. The average molecular weight is 246 g/mol. The summed E-state index contributed by atoms with van der Waals surface area (Å²) in [5, 5.41) is 10.2. The normalized spacial score (nSPS) is 10.5. The number of nitriles is 1. The Kier molecular flexibility index (Phi) is 2.81. The molecule has 2 aromatic carbocycles. The number of hydrogen-bond acceptors (Lipinski definition) is 1. The molecular weight excluding hydrogens is 232 g/mol. The number of nitrogens with one attached hydrogen (secondary N) is 1. The molecule has 0 spiro atoms. The Morgan fingerprint density at radius 3 is 2.58 bits per heavy atom. The van der Waals surface area contributed by atoms with E-state index in [-0.39, 0.29) is 0 Å². The van der Waals surface area contributed by atoms with Gasteiger partial charge in [-0.3, -0.25) is 0 Å².